The van der Waals surface area contributed by atoms with E-state index >= 15 is 0 Å². The van der Waals surface area contributed by atoms with Gasteiger partial charge in [0.15, 0.2) is 0 Å². The minimum atomic E-state index is 0.231. The van der Waals surface area contributed by atoms with E-state index < -0.39 is 0 Å². The van der Waals surface area contributed by atoms with Gasteiger partial charge >= 0.3 is 0 Å². The Balaban J connectivity index is 1.97. The largest absolute Gasteiger partial charge is 0.488 e. The Labute approximate surface area is 90.4 Å². The number of hydrogen-bond donors (Lipinski definition) is 1. The van der Waals surface area contributed by atoms with Crippen molar-refractivity contribution < 1.29 is 9.47 Å². The molecule has 1 heterocycles. The highest BCUT2D eigenvalue weighted by atomic mass is 16.5. The first-order valence-corrected chi connectivity index (χ1v) is 5.36. The molecule has 82 valence electrons. The average molecular weight is 207 g/mol. The molecule has 1 atom stereocenters. The first-order valence-electron chi connectivity index (χ1n) is 5.36. The average Bonchev–Trinajstić information content (AvgIpc) is 2.71. The molecule has 1 N–H and O–H groups in total. The molecule has 0 bridgehead atoms. The molecule has 1 aromatic rings. The van der Waals surface area contributed by atoms with E-state index in [1.165, 1.54) is 5.56 Å². The fourth-order valence-corrected chi connectivity index (χ4v) is 1.73. The Bertz CT molecular complexity index is 308. The van der Waals surface area contributed by atoms with Crippen LogP contribution in [0.2, 0.25) is 0 Å². The van der Waals surface area contributed by atoms with E-state index in [0.717, 1.165) is 31.9 Å². The van der Waals surface area contributed by atoms with Crippen LogP contribution in [0.3, 0.4) is 0 Å². The van der Waals surface area contributed by atoms with Crippen LogP contribution in [0.1, 0.15) is 12.0 Å². The lowest BCUT2D eigenvalue weighted by Gasteiger charge is -2.12. The van der Waals surface area contributed by atoms with Crippen LogP contribution in [-0.2, 0) is 11.3 Å². The Hall–Kier alpha value is -1.06. The van der Waals surface area contributed by atoms with Gasteiger partial charge in [-0.25, -0.2) is 0 Å². The molecule has 0 saturated carbocycles. The van der Waals surface area contributed by atoms with E-state index in [1.54, 1.807) is 0 Å². The summed E-state index contributed by atoms with van der Waals surface area (Å²) >= 11 is 0. The molecule has 0 radical (unpaired) electrons. The summed E-state index contributed by atoms with van der Waals surface area (Å²) in [5, 5.41) is 3.12. The van der Waals surface area contributed by atoms with Gasteiger partial charge in [0.1, 0.15) is 11.9 Å². The van der Waals surface area contributed by atoms with E-state index in [1.807, 2.05) is 19.2 Å². The van der Waals surface area contributed by atoms with Crippen molar-refractivity contribution >= 4 is 0 Å². The highest BCUT2D eigenvalue weighted by molar-refractivity contribution is 5.28. The lowest BCUT2D eigenvalue weighted by Crippen LogP contribution is -2.15. The van der Waals surface area contributed by atoms with E-state index in [4.69, 9.17) is 9.47 Å². The summed E-state index contributed by atoms with van der Waals surface area (Å²) in [6.45, 7) is 2.41. The molecule has 0 spiro atoms. The Kier molecular flexibility index (Phi) is 3.59. The standard InChI is InChI=1S/C12H17NO2/c1-13-8-10-3-2-4-11(7-10)15-12-5-6-14-9-12/h2-4,7,12-13H,5-6,8-9H2,1H3. The maximum absolute atomic E-state index is 5.81. The lowest BCUT2D eigenvalue weighted by molar-refractivity contribution is 0.141. The Morgan fingerprint density at radius 2 is 2.47 bits per heavy atom. The van der Waals surface area contributed by atoms with E-state index in [2.05, 4.69) is 17.4 Å². The molecule has 15 heavy (non-hydrogen) atoms. The maximum Gasteiger partial charge on any atom is 0.124 e. The Morgan fingerprint density at radius 1 is 1.53 bits per heavy atom. The lowest BCUT2D eigenvalue weighted by atomic mass is 10.2. The minimum Gasteiger partial charge on any atom is -0.488 e. The molecule has 1 aliphatic heterocycles. The second-order valence-corrected chi connectivity index (χ2v) is 3.78. The predicted octanol–water partition coefficient (Wildman–Crippen LogP) is 1.57. The molecule has 0 aliphatic carbocycles. The molecular formula is C12H17NO2. The smallest absolute Gasteiger partial charge is 0.124 e. The van der Waals surface area contributed by atoms with E-state index in [0.29, 0.717) is 0 Å². The van der Waals surface area contributed by atoms with Gasteiger partial charge in [-0.15, -0.1) is 0 Å². The summed E-state index contributed by atoms with van der Waals surface area (Å²) in [5.41, 5.74) is 1.24. The fraction of sp³-hybridized carbons (Fsp3) is 0.500. The number of nitrogens with one attached hydrogen (secondary N) is 1. The fourth-order valence-electron chi connectivity index (χ4n) is 1.73. The van der Waals surface area contributed by atoms with Crippen molar-refractivity contribution in [2.45, 2.75) is 19.1 Å². The van der Waals surface area contributed by atoms with Gasteiger partial charge < -0.3 is 14.8 Å². The van der Waals surface area contributed by atoms with Gasteiger partial charge in [0.25, 0.3) is 0 Å². The summed E-state index contributed by atoms with van der Waals surface area (Å²) < 4.78 is 11.1. The highest BCUT2D eigenvalue weighted by Crippen LogP contribution is 2.18. The third kappa shape index (κ3) is 2.94. The monoisotopic (exact) mass is 207 g/mol. The molecule has 0 aromatic heterocycles. The van der Waals surface area contributed by atoms with Crippen molar-refractivity contribution in [1.82, 2.24) is 5.32 Å². The second kappa shape index (κ2) is 5.14. The zero-order valence-corrected chi connectivity index (χ0v) is 9.03. The summed E-state index contributed by atoms with van der Waals surface area (Å²) in [5.74, 6) is 0.943. The maximum atomic E-state index is 5.81. The third-order valence-electron chi connectivity index (χ3n) is 2.47. The van der Waals surface area contributed by atoms with Crippen molar-refractivity contribution in [2.24, 2.45) is 0 Å². The predicted molar refractivity (Wildman–Crippen MR) is 59.1 cm³/mol. The first-order chi connectivity index (χ1) is 7.38. The van der Waals surface area contributed by atoms with Gasteiger partial charge in [0.2, 0.25) is 0 Å². The van der Waals surface area contributed by atoms with Gasteiger partial charge in [-0.2, -0.15) is 0 Å². The van der Waals surface area contributed by atoms with Crippen molar-refractivity contribution in [1.29, 1.82) is 0 Å². The van der Waals surface area contributed by atoms with Crippen LogP contribution in [0, 0.1) is 0 Å². The quantitative estimate of drug-likeness (QED) is 0.813. The number of ether oxygens (including phenoxy) is 2. The van der Waals surface area contributed by atoms with Crippen LogP contribution in [0.15, 0.2) is 24.3 Å². The molecule has 1 fully saturated rings. The zero-order chi connectivity index (χ0) is 10.5. The third-order valence-corrected chi connectivity index (χ3v) is 2.47. The minimum absolute atomic E-state index is 0.231. The summed E-state index contributed by atoms with van der Waals surface area (Å²) in [4.78, 5) is 0. The molecule has 0 amide bonds. The van der Waals surface area contributed by atoms with Gasteiger partial charge in [-0.3, -0.25) is 0 Å². The normalized spacial score (nSPS) is 20.5. The van der Waals surface area contributed by atoms with Crippen LogP contribution in [0.4, 0.5) is 0 Å². The van der Waals surface area contributed by atoms with Crippen molar-refractivity contribution in [3.8, 4) is 5.75 Å². The molecule has 1 saturated heterocycles. The first kappa shape index (κ1) is 10.5. The van der Waals surface area contributed by atoms with E-state index in [9.17, 15) is 0 Å². The van der Waals surface area contributed by atoms with Crippen LogP contribution < -0.4 is 10.1 Å². The molecule has 1 aliphatic rings. The summed E-state index contributed by atoms with van der Waals surface area (Å²) in [7, 11) is 1.94. The molecule has 3 nitrogen and oxygen atoms in total. The van der Waals surface area contributed by atoms with Crippen molar-refractivity contribution in [3.63, 3.8) is 0 Å². The summed E-state index contributed by atoms with van der Waals surface area (Å²) in [6, 6.07) is 8.19. The van der Waals surface area contributed by atoms with Gasteiger partial charge in [-0.1, -0.05) is 12.1 Å². The SMILES string of the molecule is CNCc1cccc(OC2CCOC2)c1. The number of rotatable bonds is 4. The zero-order valence-electron chi connectivity index (χ0n) is 9.03. The molecular weight excluding hydrogens is 190 g/mol. The topological polar surface area (TPSA) is 30.5 Å². The van der Waals surface area contributed by atoms with Crippen LogP contribution in [-0.4, -0.2) is 26.4 Å². The molecule has 3 heteroatoms. The Morgan fingerprint density at radius 3 is 3.20 bits per heavy atom. The van der Waals surface area contributed by atoms with Gasteiger partial charge in [0.05, 0.1) is 13.2 Å². The van der Waals surface area contributed by atoms with Crippen LogP contribution in [0.5, 0.6) is 5.75 Å². The number of hydrogen-bond acceptors (Lipinski definition) is 3. The van der Waals surface area contributed by atoms with Crippen LogP contribution in [0.25, 0.3) is 0 Å². The van der Waals surface area contributed by atoms with Crippen LogP contribution >= 0.6 is 0 Å². The van der Waals surface area contributed by atoms with Gasteiger partial charge in [-0.05, 0) is 24.7 Å². The molecule has 1 unspecified atom stereocenters. The highest BCUT2D eigenvalue weighted by Gasteiger charge is 2.16. The summed E-state index contributed by atoms with van der Waals surface area (Å²) in [6.07, 6.45) is 1.23. The van der Waals surface area contributed by atoms with Gasteiger partial charge in [0, 0.05) is 13.0 Å². The van der Waals surface area contributed by atoms with Crippen molar-refractivity contribution in [3.05, 3.63) is 29.8 Å². The molecule has 1 aromatic carbocycles. The molecule has 2 rings (SSSR count). The van der Waals surface area contributed by atoms with E-state index in [-0.39, 0.29) is 6.10 Å². The second-order valence-electron chi connectivity index (χ2n) is 3.78. The van der Waals surface area contributed by atoms with Crippen molar-refractivity contribution in [2.75, 3.05) is 20.3 Å². The number of benzene rings is 1.